The molecule has 0 fully saturated rings. The van der Waals surface area contributed by atoms with Crippen LogP contribution < -0.4 is 0 Å². The fourth-order valence-corrected chi connectivity index (χ4v) is 2.97. The van der Waals surface area contributed by atoms with E-state index in [1.165, 1.54) is 0 Å². The number of hydrogen-bond acceptors (Lipinski definition) is 4. The maximum Gasteiger partial charge on any atom is 0.309 e. The minimum absolute atomic E-state index is 0.267. The van der Waals surface area contributed by atoms with Crippen LogP contribution in [0.15, 0.2) is 30.3 Å². The lowest BCUT2D eigenvalue weighted by atomic mass is 9.81. The molecule has 0 radical (unpaired) electrons. The van der Waals surface area contributed by atoms with E-state index in [4.69, 9.17) is 14.6 Å². The molecule has 0 aliphatic heterocycles. The van der Waals surface area contributed by atoms with Crippen molar-refractivity contribution in [1.82, 2.24) is 0 Å². The van der Waals surface area contributed by atoms with Gasteiger partial charge in [0.05, 0.1) is 5.41 Å². The van der Waals surface area contributed by atoms with Gasteiger partial charge in [-0.3, -0.25) is 9.59 Å². The van der Waals surface area contributed by atoms with E-state index in [0.717, 1.165) is 31.2 Å². The molecule has 1 rings (SSSR count). The van der Waals surface area contributed by atoms with E-state index in [9.17, 15) is 9.59 Å². The molecule has 164 valence electrons. The first-order chi connectivity index (χ1) is 13.6. The molecule has 0 spiro atoms. The quantitative estimate of drug-likeness (QED) is 0.395. The average molecular weight is 407 g/mol. The van der Waals surface area contributed by atoms with Crippen molar-refractivity contribution in [2.75, 3.05) is 26.4 Å². The van der Waals surface area contributed by atoms with E-state index in [1.807, 2.05) is 44.2 Å². The molecule has 29 heavy (non-hydrogen) atoms. The highest BCUT2D eigenvalue weighted by atomic mass is 16.5. The minimum Gasteiger partial charge on any atom is -0.481 e. The summed E-state index contributed by atoms with van der Waals surface area (Å²) in [5, 5.41) is 9.06. The molecule has 0 unspecified atom stereocenters. The van der Waals surface area contributed by atoms with Crippen molar-refractivity contribution < 1.29 is 24.2 Å². The van der Waals surface area contributed by atoms with Crippen molar-refractivity contribution >= 4 is 11.8 Å². The van der Waals surface area contributed by atoms with Crippen LogP contribution in [0.3, 0.4) is 0 Å². The van der Waals surface area contributed by atoms with E-state index in [0.29, 0.717) is 39.3 Å². The van der Waals surface area contributed by atoms with E-state index in [1.54, 1.807) is 13.8 Å². The maximum atomic E-state index is 12.5. The van der Waals surface area contributed by atoms with Gasteiger partial charge in [0, 0.05) is 38.3 Å². The van der Waals surface area contributed by atoms with Gasteiger partial charge in [-0.1, -0.05) is 44.2 Å². The Balaban J connectivity index is 2.03. The number of ketones is 1. The molecule has 0 amide bonds. The van der Waals surface area contributed by atoms with Crippen LogP contribution in [0.4, 0.5) is 0 Å². The normalized spacial score (nSPS) is 12.1. The highest BCUT2D eigenvalue weighted by Gasteiger charge is 2.27. The van der Waals surface area contributed by atoms with Gasteiger partial charge in [-0.2, -0.15) is 0 Å². The van der Waals surface area contributed by atoms with Gasteiger partial charge in [0.15, 0.2) is 0 Å². The summed E-state index contributed by atoms with van der Waals surface area (Å²) in [5.74, 6) is -0.501. The molecule has 0 saturated carbocycles. The Bertz CT molecular complexity index is 607. The van der Waals surface area contributed by atoms with Crippen molar-refractivity contribution in [2.45, 2.75) is 66.2 Å². The third-order valence-electron chi connectivity index (χ3n) is 5.30. The summed E-state index contributed by atoms with van der Waals surface area (Å²) in [6, 6.07) is 9.87. The van der Waals surface area contributed by atoms with Gasteiger partial charge in [0.1, 0.15) is 5.78 Å². The van der Waals surface area contributed by atoms with Gasteiger partial charge in [-0.15, -0.1) is 0 Å². The highest BCUT2D eigenvalue weighted by molar-refractivity contribution is 5.86. The topological polar surface area (TPSA) is 72.8 Å². The molecule has 1 aromatic rings. The Morgan fingerprint density at radius 3 is 1.79 bits per heavy atom. The number of ether oxygens (including phenoxy) is 2. The number of carboxylic acids is 1. The van der Waals surface area contributed by atoms with Crippen LogP contribution >= 0.6 is 0 Å². The van der Waals surface area contributed by atoms with Crippen molar-refractivity contribution in [3.05, 3.63) is 35.9 Å². The van der Waals surface area contributed by atoms with Crippen molar-refractivity contribution in [2.24, 2.45) is 10.8 Å². The Morgan fingerprint density at radius 1 is 0.793 bits per heavy atom. The monoisotopic (exact) mass is 406 g/mol. The third kappa shape index (κ3) is 10.6. The number of aliphatic carboxylic acids is 1. The number of carbonyl (C=O) groups is 2. The molecule has 5 heteroatoms. The highest BCUT2D eigenvalue weighted by Crippen LogP contribution is 2.25. The van der Waals surface area contributed by atoms with E-state index in [2.05, 4.69) is 0 Å². The molecule has 1 aromatic carbocycles. The van der Waals surface area contributed by atoms with Gasteiger partial charge in [0.2, 0.25) is 0 Å². The van der Waals surface area contributed by atoms with Crippen LogP contribution in [-0.4, -0.2) is 43.3 Å². The lowest BCUT2D eigenvalue weighted by Crippen LogP contribution is -2.26. The first kappa shape index (κ1) is 25.3. The smallest absolute Gasteiger partial charge is 0.309 e. The Labute approximate surface area is 175 Å². The largest absolute Gasteiger partial charge is 0.481 e. The van der Waals surface area contributed by atoms with Crippen molar-refractivity contribution in [3.8, 4) is 0 Å². The lowest BCUT2D eigenvalue weighted by molar-refractivity contribution is -0.147. The van der Waals surface area contributed by atoms with Gasteiger partial charge in [-0.05, 0) is 51.5 Å². The zero-order valence-corrected chi connectivity index (χ0v) is 18.5. The fraction of sp³-hybridized carbons (Fsp3) is 0.667. The standard InChI is InChI=1S/C24H38O5/c1-23(2,21(25)19-20-11-6-5-7-12-20)13-8-15-28-17-10-18-29-16-9-14-24(3,4)22(26)27/h5-7,11-12H,8-10,13-19H2,1-4H3,(H,26,27). The summed E-state index contributed by atoms with van der Waals surface area (Å²) in [6.45, 7) is 9.98. The first-order valence-corrected chi connectivity index (χ1v) is 10.6. The molecule has 0 saturated heterocycles. The summed E-state index contributed by atoms with van der Waals surface area (Å²) in [7, 11) is 0. The first-order valence-electron chi connectivity index (χ1n) is 10.6. The van der Waals surface area contributed by atoms with Crippen molar-refractivity contribution in [1.29, 1.82) is 0 Å². The molecular weight excluding hydrogens is 368 g/mol. The molecular formula is C24H38O5. The second-order valence-corrected chi connectivity index (χ2v) is 8.94. The van der Waals surface area contributed by atoms with Gasteiger partial charge < -0.3 is 14.6 Å². The van der Waals surface area contributed by atoms with Crippen LogP contribution in [0.5, 0.6) is 0 Å². The second-order valence-electron chi connectivity index (χ2n) is 8.94. The predicted molar refractivity (Wildman–Crippen MR) is 115 cm³/mol. The zero-order chi connectivity index (χ0) is 21.8. The maximum absolute atomic E-state index is 12.5. The third-order valence-corrected chi connectivity index (χ3v) is 5.30. The molecule has 0 aliphatic rings. The molecule has 0 heterocycles. The Morgan fingerprint density at radius 2 is 1.28 bits per heavy atom. The molecule has 5 nitrogen and oxygen atoms in total. The summed E-state index contributed by atoms with van der Waals surface area (Å²) < 4.78 is 11.2. The molecule has 1 N–H and O–H groups in total. The van der Waals surface area contributed by atoms with Gasteiger partial charge >= 0.3 is 5.97 Å². The SMILES string of the molecule is CC(C)(CCCOCCCOCCCC(C)(C)C(=O)Cc1ccccc1)C(=O)O. The number of carbonyl (C=O) groups excluding carboxylic acids is 1. The number of benzene rings is 1. The van der Waals surface area contributed by atoms with Gasteiger partial charge in [0.25, 0.3) is 0 Å². The van der Waals surface area contributed by atoms with Gasteiger partial charge in [-0.25, -0.2) is 0 Å². The average Bonchev–Trinajstić information content (AvgIpc) is 2.66. The van der Waals surface area contributed by atoms with Crippen LogP contribution in [0, 0.1) is 10.8 Å². The summed E-state index contributed by atoms with van der Waals surface area (Å²) in [5.41, 5.74) is 0.0303. The number of rotatable bonds is 16. The molecule has 0 aliphatic carbocycles. The molecule has 0 aromatic heterocycles. The predicted octanol–water partition coefficient (Wildman–Crippen LogP) is 4.92. The number of carboxylic acid groups (broad SMARTS) is 1. The second kappa shape index (κ2) is 12.8. The fourth-order valence-electron chi connectivity index (χ4n) is 2.97. The van der Waals surface area contributed by atoms with Crippen molar-refractivity contribution in [3.63, 3.8) is 0 Å². The van der Waals surface area contributed by atoms with E-state index in [-0.39, 0.29) is 11.2 Å². The lowest BCUT2D eigenvalue weighted by Gasteiger charge is -2.23. The van der Waals surface area contributed by atoms with Crippen LogP contribution in [-0.2, 0) is 25.5 Å². The molecule has 0 bridgehead atoms. The summed E-state index contributed by atoms with van der Waals surface area (Å²) >= 11 is 0. The van der Waals surface area contributed by atoms with Crippen LogP contribution in [0.1, 0.15) is 65.4 Å². The zero-order valence-electron chi connectivity index (χ0n) is 18.5. The number of Topliss-reactive ketones (excluding diaryl/α,β-unsaturated/α-hetero) is 1. The van der Waals surface area contributed by atoms with Crippen LogP contribution in [0.25, 0.3) is 0 Å². The Kier molecular flexibility index (Phi) is 11.1. The van der Waals surface area contributed by atoms with E-state index >= 15 is 0 Å². The Hall–Kier alpha value is -1.72. The van der Waals surface area contributed by atoms with Crippen LogP contribution in [0.2, 0.25) is 0 Å². The van der Waals surface area contributed by atoms with E-state index < -0.39 is 11.4 Å². The summed E-state index contributed by atoms with van der Waals surface area (Å²) in [6.07, 6.45) is 4.32. The minimum atomic E-state index is -0.768. The summed E-state index contributed by atoms with van der Waals surface area (Å²) in [4.78, 5) is 23.6. The number of hydrogen-bond donors (Lipinski definition) is 1. The molecule has 0 atom stereocenters.